The van der Waals surface area contributed by atoms with Gasteiger partial charge in [-0.2, -0.15) is 0 Å². The molecule has 0 unspecified atom stereocenters. The molecule has 0 saturated heterocycles. The highest BCUT2D eigenvalue weighted by Gasteiger charge is 2.15. The van der Waals surface area contributed by atoms with E-state index in [0.717, 1.165) is 10.9 Å². The molecule has 3 aromatic rings. The molecule has 0 saturated carbocycles. The van der Waals surface area contributed by atoms with Gasteiger partial charge in [-0.15, -0.1) is 0 Å². The molecule has 90 valence electrons. The van der Waals surface area contributed by atoms with Gasteiger partial charge in [0.25, 0.3) is 0 Å². The number of H-pyrrole nitrogens is 1. The van der Waals surface area contributed by atoms with Gasteiger partial charge in [0.2, 0.25) is 0 Å². The Balaban J connectivity index is 2.24. The Bertz CT molecular complexity index is 745. The molecule has 0 spiro atoms. The van der Waals surface area contributed by atoms with Gasteiger partial charge in [0.15, 0.2) is 11.5 Å². The molecule has 18 heavy (non-hydrogen) atoms. The summed E-state index contributed by atoms with van der Waals surface area (Å²) < 4.78 is 5.04. The standard InChI is InChI=1S/C12H7ClN2O3/c13-7-5-14-8-3-1-2-6(11(7)8)10-4-9(12(16)17)15-18-10/h1-5,14H,(H,16,17). The summed E-state index contributed by atoms with van der Waals surface area (Å²) in [6.45, 7) is 0. The van der Waals surface area contributed by atoms with Gasteiger partial charge < -0.3 is 14.6 Å². The van der Waals surface area contributed by atoms with Crippen LogP contribution in [0.4, 0.5) is 0 Å². The van der Waals surface area contributed by atoms with Crippen molar-refractivity contribution in [3.8, 4) is 11.3 Å². The Morgan fingerprint density at radius 1 is 1.44 bits per heavy atom. The van der Waals surface area contributed by atoms with E-state index in [0.29, 0.717) is 16.3 Å². The molecule has 0 bridgehead atoms. The number of hydrogen-bond donors (Lipinski definition) is 2. The predicted molar refractivity (Wildman–Crippen MR) is 65.8 cm³/mol. The molecule has 2 aromatic heterocycles. The molecular weight excluding hydrogens is 256 g/mol. The van der Waals surface area contributed by atoms with Crippen molar-refractivity contribution in [2.45, 2.75) is 0 Å². The van der Waals surface area contributed by atoms with Gasteiger partial charge in [0.1, 0.15) is 0 Å². The normalized spacial score (nSPS) is 10.9. The SMILES string of the molecule is O=C(O)c1cc(-c2cccc3[nH]cc(Cl)c23)on1. The maximum atomic E-state index is 10.8. The van der Waals surface area contributed by atoms with Crippen LogP contribution in [0.15, 0.2) is 35.0 Å². The number of hydrogen-bond acceptors (Lipinski definition) is 3. The molecule has 2 N–H and O–H groups in total. The largest absolute Gasteiger partial charge is 0.476 e. The number of nitrogens with zero attached hydrogens (tertiary/aromatic N) is 1. The van der Waals surface area contributed by atoms with Crippen LogP contribution in [0, 0.1) is 0 Å². The number of carboxylic acids is 1. The summed E-state index contributed by atoms with van der Waals surface area (Å²) in [5.74, 6) is -0.753. The summed E-state index contributed by atoms with van der Waals surface area (Å²) in [5.41, 5.74) is 1.43. The number of aromatic carboxylic acids is 1. The predicted octanol–water partition coefficient (Wildman–Crippen LogP) is 3.17. The number of aromatic amines is 1. The van der Waals surface area contributed by atoms with Gasteiger partial charge in [-0.25, -0.2) is 4.79 Å². The Labute approximate surface area is 106 Å². The summed E-state index contributed by atoms with van der Waals surface area (Å²) in [7, 11) is 0. The highest BCUT2D eigenvalue weighted by Crippen LogP contribution is 2.33. The minimum absolute atomic E-state index is 0.131. The van der Waals surface area contributed by atoms with Gasteiger partial charge in [-0.3, -0.25) is 0 Å². The van der Waals surface area contributed by atoms with E-state index in [4.69, 9.17) is 21.2 Å². The minimum atomic E-state index is -1.13. The minimum Gasteiger partial charge on any atom is -0.476 e. The molecule has 0 aliphatic carbocycles. The third kappa shape index (κ3) is 1.56. The number of aromatic nitrogens is 2. The topological polar surface area (TPSA) is 79.1 Å². The first-order valence-corrected chi connectivity index (χ1v) is 5.50. The van der Waals surface area contributed by atoms with Crippen LogP contribution in [0.2, 0.25) is 5.02 Å². The van der Waals surface area contributed by atoms with Crippen molar-refractivity contribution in [3.63, 3.8) is 0 Å². The van der Waals surface area contributed by atoms with Gasteiger partial charge in [0, 0.05) is 28.7 Å². The van der Waals surface area contributed by atoms with E-state index in [9.17, 15) is 4.79 Å². The first-order chi connectivity index (χ1) is 8.66. The van der Waals surface area contributed by atoms with Crippen LogP contribution < -0.4 is 0 Å². The molecule has 0 atom stereocenters. The highest BCUT2D eigenvalue weighted by atomic mass is 35.5. The number of benzene rings is 1. The van der Waals surface area contributed by atoms with Crippen LogP contribution in [-0.4, -0.2) is 21.2 Å². The smallest absolute Gasteiger partial charge is 0.358 e. The number of carboxylic acid groups (broad SMARTS) is 1. The number of carbonyl (C=O) groups is 1. The maximum Gasteiger partial charge on any atom is 0.358 e. The zero-order valence-corrected chi connectivity index (χ0v) is 9.73. The van der Waals surface area contributed by atoms with Crippen molar-refractivity contribution in [2.24, 2.45) is 0 Å². The molecular formula is C12H7ClN2O3. The lowest BCUT2D eigenvalue weighted by Gasteiger charge is -1.98. The first kappa shape index (κ1) is 10.9. The monoisotopic (exact) mass is 262 g/mol. The summed E-state index contributed by atoms with van der Waals surface area (Å²) in [5, 5.41) is 13.6. The molecule has 0 aliphatic rings. The Morgan fingerprint density at radius 2 is 2.28 bits per heavy atom. The molecule has 0 fully saturated rings. The van der Waals surface area contributed by atoms with E-state index in [2.05, 4.69) is 10.1 Å². The summed E-state index contributed by atoms with van der Waals surface area (Å²) in [6, 6.07) is 6.88. The van der Waals surface area contributed by atoms with Crippen molar-refractivity contribution in [3.05, 3.63) is 41.2 Å². The zero-order valence-electron chi connectivity index (χ0n) is 8.98. The second-order valence-electron chi connectivity index (χ2n) is 3.75. The summed E-state index contributed by atoms with van der Waals surface area (Å²) in [4.78, 5) is 13.8. The molecule has 0 aliphatic heterocycles. The molecule has 1 aromatic carbocycles. The fraction of sp³-hybridized carbons (Fsp3) is 0. The number of fused-ring (bicyclic) bond motifs is 1. The lowest BCUT2D eigenvalue weighted by molar-refractivity contribution is 0.0686. The second-order valence-corrected chi connectivity index (χ2v) is 4.15. The van der Waals surface area contributed by atoms with Gasteiger partial charge in [0.05, 0.1) is 5.02 Å². The average molecular weight is 263 g/mol. The van der Waals surface area contributed by atoms with Crippen molar-refractivity contribution in [2.75, 3.05) is 0 Å². The zero-order chi connectivity index (χ0) is 12.7. The Morgan fingerprint density at radius 3 is 3.00 bits per heavy atom. The van der Waals surface area contributed by atoms with Crippen LogP contribution in [0.25, 0.3) is 22.2 Å². The van der Waals surface area contributed by atoms with Crippen LogP contribution >= 0.6 is 11.6 Å². The van der Waals surface area contributed by atoms with Crippen molar-refractivity contribution < 1.29 is 14.4 Å². The van der Waals surface area contributed by atoms with Crippen molar-refractivity contribution in [1.82, 2.24) is 10.1 Å². The van der Waals surface area contributed by atoms with E-state index in [1.54, 1.807) is 12.3 Å². The maximum absolute atomic E-state index is 10.8. The molecule has 0 radical (unpaired) electrons. The third-order valence-corrected chi connectivity index (χ3v) is 2.95. The van der Waals surface area contributed by atoms with Crippen LogP contribution in [0.5, 0.6) is 0 Å². The van der Waals surface area contributed by atoms with E-state index >= 15 is 0 Å². The fourth-order valence-electron chi connectivity index (χ4n) is 1.85. The molecule has 6 heteroatoms. The second kappa shape index (κ2) is 3.89. The Hall–Kier alpha value is -2.27. The van der Waals surface area contributed by atoms with Crippen LogP contribution in [-0.2, 0) is 0 Å². The van der Waals surface area contributed by atoms with E-state index in [1.165, 1.54) is 6.07 Å². The fourth-order valence-corrected chi connectivity index (χ4v) is 2.11. The van der Waals surface area contributed by atoms with Crippen molar-refractivity contribution >= 4 is 28.5 Å². The van der Waals surface area contributed by atoms with Gasteiger partial charge >= 0.3 is 5.97 Å². The number of nitrogens with one attached hydrogen (secondary N) is 1. The van der Waals surface area contributed by atoms with Crippen LogP contribution in [0.1, 0.15) is 10.5 Å². The Kier molecular flexibility index (Phi) is 2.34. The van der Waals surface area contributed by atoms with Crippen LogP contribution in [0.3, 0.4) is 0 Å². The summed E-state index contributed by atoms with van der Waals surface area (Å²) >= 11 is 6.09. The van der Waals surface area contributed by atoms with Gasteiger partial charge in [-0.1, -0.05) is 28.9 Å². The number of halogens is 1. The quantitative estimate of drug-likeness (QED) is 0.743. The third-order valence-electron chi connectivity index (χ3n) is 2.65. The molecule has 5 nitrogen and oxygen atoms in total. The van der Waals surface area contributed by atoms with Gasteiger partial charge in [-0.05, 0) is 6.07 Å². The molecule has 0 amide bonds. The lowest BCUT2D eigenvalue weighted by atomic mass is 10.1. The lowest BCUT2D eigenvalue weighted by Crippen LogP contribution is -1.94. The van der Waals surface area contributed by atoms with Crippen molar-refractivity contribution in [1.29, 1.82) is 0 Å². The molecule has 3 rings (SSSR count). The highest BCUT2D eigenvalue weighted by molar-refractivity contribution is 6.36. The number of rotatable bonds is 2. The van der Waals surface area contributed by atoms with E-state index < -0.39 is 5.97 Å². The molecule has 2 heterocycles. The first-order valence-electron chi connectivity index (χ1n) is 5.13. The van der Waals surface area contributed by atoms with E-state index in [1.807, 2.05) is 12.1 Å². The average Bonchev–Trinajstić information content (AvgIpc) is 2.96. The van der Waals surface area contributed by atoms with E-state index in [-0.39, 0.29) is 5.69 Å². The summed E-state index contributed by atoms with van der Waals surface area (Å²) in [6.07, 6.45) is 1.67.